The van der Waals surface area contributed by atoms with Gasteiger partial charge in [-0.2, -0.15) is 0 Å². The van der Waals surface area contributed by atoms with Crippen molar-refractivity contribution in [1.82, 2.24) is 24.8 Å². The smallest absolute Gasteiger partial charge is 0.0693 e. The molecule has 1 aromatic heterocycles. The van der Waals surface area contributed by atoms with Crippen LogP contribution in [0.5, 0.6) is 0 Å². The summed E-state index contributed by atoms with van der Waals surface area (Å²) in [6.45, 7) is 4.96. The van der Waals surface area contributed by atoms with Crippen LogP contribution in [0.3, 0.4) is 0 Å². The lowest BCUT2D eigenvalue weighted by Crippen LogP contribution is -2.47. The minimum absolute atomic E-state index is 0.565. The van der Waals surface area contributed by atoms with Gasteiger partial charge in [0, 0.05) is 25.3 Å². The van der Waals surface area contributed by atoms with E-state index < -0.39 is 0 Å². The van der Waals surface area contributed by atoms with Crippen LogP contribution < -0.4 is 0 Å². The van der Waals surface area contributed by atoms with Gasteiger partial charge in [0.1, 0.15) is 0 Å². The third kappa shape index (κ3) is 2.57. The molecule has 1 aromatic rings. The van der Waals surface area contributed by atoms with Gasteiger partial charge >= 0.3 is 0 Å². The fraction of sp³-hybridized carbons (Fsp3) is 0.846. The Bertz CT molecular complexity index is 347. The second-order valence-corrected chi connectivity index (χ2v) is 5.68. The second-order valence-electron chi connectivity index (χ2n) is 5.68. The maximum atomic E-state index is 4.13. The Hall–Kier alpha value is -0.940. The van der Waals surface area contributed by atoms with Gasteiger partial charge in [-0.15, -0.1) is 5.10 Å². The Morgan fingerprint density at radius 2 is 1.61 bits per heavy atom. The van der Waals surface area contributed by atoms with Gasteiger partial charge in [0.25, 0.3) is 0 Å². The molecule has 0 bridgehead atoms. The Morgan fingerprint density at radius 3 is 2.22 bits per heavy atom. The van der Waals surface area contributed by atoms with Crippen LogP contribution in [-0.4, -0.2) is 64.1 Å². The van der Waals surface area contributed by atoms with Crippen molar-refractivity contribution in [1.29, 1.82) is 0 Å². The van der Waals surface area contributed by atoms with Crippen LogP contribution >= 0.6 is 0 Å². The molecular weight excluding hydrogens is 226 g/mol. The topological polar surface area (TPSA) is 37.2 Å². The van der Waals surface area contributed by atoms with Gasteiger partial charge in [-0.25, -0.2) is 4.68 Å². The summed E-state index contributed by atoms with van der Waals surface area (Å²) in [5.41, 5.74) is 0. The third-order valence-corrected chi connectivity index (χ3v) is 4.52. The maximum Gasteiger partial charge on any atom is 0.0693 e. The highest BCUT2D eigenvalue weighted by atomic mass is 15.4. The number of hydrogen-bond acceptors (Lipinski definition) is 4. The number of nitrogens with zero attached hydrogens (tertiary/aromatic N) is 5. The van der Waals surface area contributed by atoms with E-state index in [1.165, 1.54) is 51.9 Å². The van der Waals surface area contributed by atoms with Crippen molar-refractivity contribution in [2.45, 2.75) is 37.8 Å². The molecule has 2 aliphatic heterocycles. The summed E-state index contributed by atoms with van der Waals surface area (Å²) in [7, 11) is 2.23. The number of aromatic nitrogens is 3. The van der Waals surface area contributed by atoms with Crippen LogP contribution in [0, 0.1) is 0 Å². The zero-order valence-electron chi connectivity index (χ0n) is 11.2. The highest BCUT2D eigenvalue weighted by Gasteiger charge is 2.27. The van der Waals surface area contributed by atoms with E-state index in [0.29, 0.717) is 6.04 Å². The fourth-order valence-electron chi connectivity index (χ4n) is 3.29. The maximum absolute atomic E-state index is 4.13. The molecule has 0 radical (unpaired) electrons. The van der Waals surface area contributed by atoms with Crippen LogP contribution in [0.4, 0.5) is 0 Å². The lowest BCUT2D eigenvalue weighted by molar-refractivity contribution is 0.0848. The molecule has 2 fully saturated rings. The number of hydrogen-bond donors (Lipinski definition) is 0. The van der Waals surface area contributed by atoms with Crippen molar-refractivity contribution in [3.05, 3.63) is 12.4 Å². The van der Waals surface area contributed by atoms with Crippen molar-refractivity contribution in [2.75, 3.05) is 33.2 Å². The molecule has 100 valence electrons. The first-order valence-electron chi connectivity index (χ1n) is 7.11. The Balaban J connectivity index is 1.51. The highest BCUT2D eigenvalue weighted by Crippen LogP contribution is 2.25. The molecule has 3 heterocycles. The molecule has 0 aromatic carbocycles. The zero-order chi connectivity index (χ0) is 12.4. The predicted molar refractivity (Wildman–Crippen MR) is 70.4 cm³/mol. The van der Waals surface area contributed by atoms with Crippen molar-refractivity contribution in [3.8, 4) is 0 Å². The first-order valence-corrected chi connectivity index (χ1v) is 7.11. The SMILES string of the molecule is CN1CCC(N2CCC(n3ccnn3)CC2)CC1. The molecule has 3 rings (SSSR count). The summed E-state index contributed by atoms with van der Waals surface area (Å²) in [6, 6.07) is 1.38. The number of piperidine rings is 2. The van der Waals surface area contributed by atoms with E-state index in [9.17, 15) is 0 Å². The molecule has 2 aliphatic rings. The monoisotopic (exact) mass is 249 g/mol. The summed E-state index contributed by atoms with van der Waals surface area (Å²) in [5, 5.41) is 8.04. The summed E-state index contributed by atoms with van der Waals surface area (Å²) in [5.74, 6) is 0. The van der Waals surface area contributed by atoms with Crippen LogP contribution in [-0.2, 0) is 0 Å². The summed E-state index contributed by atoms with van der Waals surface area (Å²) in [6.07, 6.45) is 8.89. The van der Waals surface area contributed by atoms with Crippen LogP contribution in [0.2, 0.25) is 0 Å². The van der Waals surface area contributed by atoms with E-state index in [1.54, 1.807) is 6.20 Å². The molecule has 5 nitrogen and oxygen atoms in total. The molecule has 18 heavy (non-hydrogen) atoms. The molecule has 0 amide bonds. The normalized spacial score (nSPS) is 25.6. The molecular formula is C13H23N5. The van der Waals surface area contributed by atoms with E-state index in [-0.39, 0.29) is 0 Å². The van der Waals surface area contributed by atoms with Crippen molar-refractivity contribution >= 4 is 0 Å². The molecule has 5 heteroatoms. The van der Waals surface area contributed by atoms with Gasteiger partial charge in [-0.3, -0.25) is 0 Å². The van der Waals surface area contributed by atoms with Gasteiger partial charge in [0.05, 0.1) is 12.2 Å². The molecule has 2 saturated heterocycles. The minimum Gasteiger partial charge on any atom is -0.306 e. The number of likely N-dealkylation sites (tertiary alicyclic amines) is 2. The van der Waals surface area contributed by atoms with Gasteiger partial charge in [-0.05, 0) is 45.8 Å². The Morgan fingerprint density at radius 1 is 0.944 bits per heavy atom. The molecule has 0 atom stereocenters. The van der Waals surface area contributed by atoms with Crippen molar-refractivity contribution in [2.24, 2.45) is 0 Å². The van der Waals surface area contributed by atoms with Gasteiger partial charge in [-0.1, -0.05) is 5.21 Å². The van der Waals surface area contributed by atoms with E-state index in [0.717, 1.165) is 6.04 Å². The van der Waals surface area contributed by atoms with Crippen molar-refractivity contribution in [3.63, 3.8) is 0 Å². The first kappa shape index (κ1) is 12.1. The molecule has 0 saturated carbocycles. The van der Waals surface area contributed by atoms with Crippen LogP contribution in [0.1, 0.15) is 31.7 Å². The van der Waals surface area contributed by atoms with Gasteiger partial charge < -0.3 is 9.80 Å². The molecule has 0 spiro atoms. The van der Waals surface area contributed by atoms with Gasteiger partial charge in [0.15, 0.2) is 0 Å². The quantitative estimate of drug-likeness (QED) is 0.784. The Kier molecular flexibility index (Phi) is 3.61. The Labute approximate surface area is 109 Å². The average Bonchev–Trinajstić information content (AvgIpc) is 2.94. The lowest BCUT2D eigenvalue weighted by atomic mass is 9.98. The minimum atomic E-state index is 0.565. The lowest BCUT2D eigenvalue weighted by Gasteiger charge is -2.41. The zero-order valence-corrected chi connectivity index (χ0v) is 11.2. The molecule has 0 aliphatic carbocycles. The van der Waals surface area contributed by atoms with Crippen molar-refractivity contribution < 1.29 is 0 Å². The first-order chi connectivity index (χ1) is 8.83. The van der Waals surface area contributed by atoms with E-state index in [2.05, 4.69) is 27.2 Å². The van der Waals surface area contributed by atoms with Crippen LogP contribution in [0.15, 0.2) is 12.4 Å². The van der Waals surface area contributed by atoms with E-state index in [1.807, 2.05) is 10.9 Å². The molecule has 0 N–H and O–H groups in total. The number of rotatable bonds is 2. The summed E-state index contributed by atoms with van der Waals surface area (Å²) in [4.78, 5) is 5.14. The standard InChI is InChI=1S/C13H23N5/c1-16-7-2-12(3-8-16)17-9-4-13(5-10-17)18-11-6-14-15-18/h6,11-13H,2-5,7-10H2,1H3. The molecule has 0 unspecified atom stereocenters. The summed E-state index contributed by atoms with van der Waals surface area (Å²) < 4.78 is 2.03. The average molecular weight is 249 g/mol. The highest BCUT2D eigenvalue weighted by molar-refractivity contribution is 4.84. The third-order valence-electron chi connectivity index (χ3n) is 4.52. The van der Waals surface area contributed by atoms with Crippen LogP contribution in [0.25, 0.3) is 0 Å². The summed E-state index contributed by atoms with van der Waals surface area (Å²) >= 11 is 0. The second kappa shape index (κ2) is 5.36. The predicted octanol–water partition coefficient (Wildman–Crippen LogP) is 1.01. The van der Waals surface area contributed by atoms with E-state index in [4.69, 9.17) is 0 Å². The van der Waals surface area contributed by atoms with Gasteiger partial charge in [0.2, 0.25) is 0 Å². The fourth-order valence-corrected chi connectivity index (χ4v) is 3.29. The largest absolute Gasteiger partial charge is 0.306 e. The van der Waals surface area contributed by atoms with E-state index >= 15 is 0 Å².